The van der Waals surface area contributed by atoms with Crippen LogP contribution in [0.15, 0.2) is 59.7 Å². The van der Waals surface area contributed by atoms with Gasteiger partial charge in [-0.1, -0.05) is 54.4 Å². The summed E-state index contributed by atoms with van der Waals surface area (Å²) in [6.07, 6.45) is 2.20. The Kier molecular flexibility index (Phi) is 4.92. The molecule has 5 rings (SSSR count). The Morgan fingerprint density at radius 3 is 2.26 bits per heavy atom. The van der Waals surface area contributed by atoms with E-state index in [0.717, 1.165) is 22.4 Å². The van der Waals surface area contributed by atoms with Gasteiger partial charge in [0.15, 0.2) is 16.8 Å². The summed E-state index contributed by atoms with van der Waals surface area (Å²) in [6.45, 7) is 2.37. The summed E-state index contributed by atoms with van der Waals surface area (Å²) in [5.74, 6) is 0. The third-order valence-electron chi connectivity index (χ3n) is 5.11. The number of benzene rings is 2. The molecule has 0 N–H and O–H groups in total. The van der Waals surface area contributed by atoms with Crippen molar-refractivity contribution in [3.63, 3.8) is 0 Å². The summed E-state index contributed by atoms with van der Waals surface area (Å²) in [5.41, 5.74) is 4.37. The van der Waals surface area contributed by atoms with E-state index in [1.807, 2.05) is 43.3 Å². The second-order valence-electron chi connectivity index (χ2n) is 7.09. The number of halogens is 2. The van der Waals surface area contributed by atoms with E-state index in [1.54, 1.807) is 16.6 Å². The molecule has 0 fully saturated rings. The number of hydrogen-bond donors (Lipinski definition) is 0. The lowest BCUT2D eigenvalue weighted by Gasteiger charge is -2.07. The van der Waals surface area contributed by atoms with Crippen molar-refractivity contribution in [1.82, 2.24) is 29.4 Å². The summed E-state index contributed by atoms with van der Waals surface area (Å²) >= 11 is 12.0. The largest absolute Gasteiger partial charge is 0.293 e. The molecule has 7 nitrogen and oxygen atoms in total. The Morgan fingerprint density at radius 1 is 0.903 bits per heavy atom. The number of aromatic nitrogens is 6. The summed E-state index contributed by atoms with van der Waals surface area (Å²) in [7, 11) is 0. The second kappa shape index (κ2) is 7.76. The lowest BCUT2D eigenvalue weighted by atomic mass is 10.0. The van der Waals surface area contributed by atoms with Gasteiger partial charge < -0.3 is 0 Å². The van der Waals surface area contributed by atoms with Crippen LogP contribution >= 0.6 is 23.2 Å². The fraction of sp³-hybridized carbons (Fsp3) is 0.136. The van der Waals surface area contributed by atoms with E-state index >= 15 is 0 Å². The Labute approximate surface area is 186 Å². The van der Waals surface area contributed by atoms with Gasteiger partial charge in [-0.2, -0.15) is 9.61 Å². The zero-order valence-corrected chi connectivity index (χ0v) is 18.0. The summed E-state index contributed by atoms with van der Waals surface area (Å²) in [5, 5.41) is 14.5. The van der Waals surface area contributed by atoms with Crippen molar-refractivity contribution in [2.24, 2.45) is 0 Å². The molecule has 3 heterocycles. The van der Waals surface area contributed by atoms with Gasteiger partial charge in [-0.3, -0.25) is 9.36 Å². The Balaban J connectivity index is 1.67. The van der Waals surface area contributed by atoms with Crippen LogP contribution in [0, 0.1) is 0 Å². The van der Waals surface area contributed by atoms with E-state index in [0.29, 0.717) is 34.3 Å². The summed E-state index contributed by atoms with van der Waals surface area (Å²) < 4.78 is 3.09. The number of nitrogens with zero attached hydrogens (tertiary/aromatic N) is 6. The average Bonchev–Trinajstić information content (AvgIpc) is 3.17. The van der Waals surface area contributed by atoms with Crippen molar-refractivity contribution in [2.75, 3.05) is 0 Å². The standard InChI is InChI=1S/C22H16Cl2N6O/c1-2-17-18(14-5-9-16(24)10-6-14)20-27-26-19-21(30(20)28-17)25-12-29(22(19)31)11-13-3-7-15(23)8-4-13/h3-10,12H,2,11H2,1H3. The van der Waals surface area contributed by atoms with Crippen LogP contribution in [0.2, 0.25) is 10.0 Å². The van der Waals surface area contributed by atoms with Gasteiger partial charge in [-0.15, -0.1) is 10.2 Å². The predicted molar refractivity (Wildman–Crippen MR) is 121 cm³/mol. The molecule has 0 amide bonds. The molecule has 0 radical (unpaired) electrons. The molecule has 5 aromatic rings. The maximum atomic E-state index is 13.1. The van der Waals surface area contributed by atoms with Crippen LogP contribution in [0.3, 0.4) is 0 Å². The van der Waals surface area contributed by atoms with E-state index in [9.17, 15) is 4.79 Å². The van der Waals surface area contributed by atoms with Crippen LogP contribution in [0.5, 0.6) is 0 Å². The van der Waals surface area contributed by atoms with Gasteiger partial charge in [0.2, 0.25) is 0 Å². The molecule has 2 aromatic carbocycles. The van der Waals surface area contributed by atoms with Crippen LogP contribution in [0.25, 0.3) is 27.9 Å². The van der Waals surface area contributed by atoms with Crippen molar-refractivity contribution in [3.05, 3.63) is 86.5 Å². The van der Waals surface area contributed by atoms with Crippen LogP contribution in [-0.2, 0) is 13.0 Å². The van der Waals surface area contributed by atoms with Gasteiger partial charge in [0, 0.05) is 10.0 Å². The van der Waals surface area contributed by atoms with Gasteiger partial charge in [0.25, 0.3) is 5.56 Å². The number of fused-ring (bicyclic) bond motifs is 3. The second-order valence-corrected chi connectivity index (χ2v) is 7.97. The summed E-state index contributed by atoms with van der Waals surface area (Å²) in [6, 6.07) is 14.8. The minimum atomic E-state index is -0.282. The van der Waals surface area contributed by atoms with Crippen LogP contribution in [0.4, 0.5) is 0 Å². The lowest BCUT2D eigenvalue weighted by molar-refractivity contribution is 0.736. The zero-order chi connectivity index (χ0) is 21.5. The third-order valence-corrected chi connectivity index (χ3v) is 5.61. The smallest absolute Gasteiger partial charge is 0.283 e. The molecule has 0 aliphatic rings. The van der Waals surface area contributed by atoms with Gasteiger partial charge in [-0.05, 0) is 41.8 Å². The third kappa shape index (κ3) is 3.45. The van der Waals surface area contributed by atoms with E-state index in [2.05, 4.69) is 20.3 Å². The monoisotopic (exact) mass is 450 g/mol. The molecule has 3 aromatic heterocycles. The topological polar surface area (TPSA) is 78.0 Å². The van der Waals surface area contributed by atoms with Gasteiger partial charge in [0.1, 0.15) is 6.33 Å². The molecule has 0 aliphatic heterocycles. The Morgan fingerprint density at radius 2 is 1.58 bits per heavy atom. The van der Waals surface area contributed by atoms with E-state index < -0.39 is 0 Å². The van der Waals surface area contributed by atoms with Gasteiger partial charge in [0.05, 0.1) is 17.8 Å². The van der Waals surface area contributed by atoms with Crippen molar-refractivity contribution in [1.29, 1.82) is 0 Å². The maximum absolute atomic E-state index is 13.1. The molecule has 0 unspecified atom stereocenters. The number of hydrogen-bond acceptors (Lipinski definition) is 5. The van der Waals surface area contributed by atoms with Gasteiger partial charge >= 0.3 is 0 Å². The van der Waals surface area contributed by atoms with Crippen molar-refractivity contribution < 1.29 is 0 Å². The molecule has 0 saturated carbocycles. The molecule has 0 saturated heterocycles. The fourth-order valence-electron chi connectivity index (χ4n) is 3.56. The zero-order valence-electron chi connectivity index (χ0n) is 16.5. The molecule has 0 spiro atoms. The molecule has 0 bridgehead atoms. The lowest BCUT2D eigenvalue weighted by Crippen LogP contribution is -2.23. The SMILES string of the molecule is CCc1nn2c(nnc3c(=O)n(Cc4ccc(Cl)cc4)cnc32)c1-c1ccc(Cl)cc1. The molecule has 31 heavy (non-hydrogen) atoms. The number of rotatable bonds is 4. The average molecular weight is 451 g/mol. The highest BCUT2D eigenvalue weighted by Crippen LogP contribution is 2.29. The minimum Gasteiger partial charge on any atom is -0.293 e. The maximum Gasteiger partial charge on any atom is 0.283 e. The van der Waals surface area contributed by atoms with Crippen molar-refractivity contribution in [2.45, 2.75) is 19.9 Å². The Bertz CT molecular complexity index is 1470. The van der Waals surface area contributed by atoms with E-state index in [-0.39, 0.29) is 11.1 Å². The predicted octanol–water partition coefficient (Wildman–Crippen LogP) is 4.42. The Hall–Kier alpha value is -3.29. The molecule has 154 valence electrons. The first-order valence-corrected chi connectivity index (χ1v) is 10.4. The molecule has 0 atom stereocenters. The molecule has 9 heteroatoms. The molecular weight excluding hydrogens is 435 g/mol. The minimum absolute atomic E-state index is 0.164. The highest BCUT2D eigenvalue weighted by molar-refractivity contribution is 6.30. The first-order valence-electron chi connectivity index (χ1n) is 9.69. The first kappa shape index (κ1) is 19.7. The quantitative estimate of drug-likeness (QED) is 0.404. The molecule has 0 aliphatic carbocycles. The molecular formula is C22H16Cl2N6O. The van der Waals surface area contributed by atoms with Crippen molar-refractivity contribution in [3.8, 4) is 11.1 Å². The first-order chi connectivity index (χ1) is 15.0. The van der Waals surface area contributed by atoms with Crippen LogP contribution in [-0.4, -0.2) is 29.4 Å². The van der Waals surface area contributed by atoms with E-state index in [4.69, 9.17) is 23.2 Å². The van der Waals surface area contributed by atoms with Crippen molar-refractivity contribution >= 4 is 40.0 Å². The van der Waals surface area contributed by atoms with Crippen LogP contribution < -0.4 is 5.56 Å². The normalized spacial score (nSPS) is 11.5. The summed E-state index contributed by atoms with van der Waals surface area (Å²) in [4.78, 5) is 17.5. The fourth-order valence-corrected chi connectivity index (χ4v) is 3.81. The van der Waals surface area contributed by atoms with Crippen LogP contribution in [0.1, 0.15) is 18.2 Å². The highest BCUT2D eigenvalue weighted by atomic mass is 35.5. The number of aryl methyl sites for hydroxylation is 1. The highest BCUT2D eigenvalue weighted by Gasteiger charge is 2.19. The van der Waals surface area contributed by atoms with E-state index in [1.165, 1.54) is 10.9 Å². The van der Waals surface area contributed by atoms with Gasteiger partial charge in [-0.25, -0.2) is 4.98 Å².